The van der Waals surface area contributed by atoms with Gasteiger partial charge in [0.2, 0.25) is 15.9 Å². The lowest BCUT2D eigenvalue weighted by Gasteiger charge is -2.21. The first-order chi connectivity index (χ1) is 8.81. The molecule has 0 unspecified atom stereocenters. The van der Waals surface area contributed by atoms with Crippen molar-refractivity contribution < 1.29 is 13.2 Å². The highest BCUT2D eigenvalue weighted by Crippen LogP contribution is 2.26. The highest BCUT2D eigenvalue weighted by molar-refractivity contribution is 7.89. The van der Waals surface area contributed by atoms with Crippen molar-refractivity contribution in [2.24, 2.45) is 0 Å². The van der Waals surface area contributed by atoms with Crippen LogP contribution in [0.4, 0.5) is 11.4 Å². The first-order valence-corrected chi connectivity index (χ1v) is 7.05. The van der Waals surface area contributed by atoms with Crippen molar-refractivity contribution in [1.82, 2.24) is 10.0 Å². The summed E-state index contributed by atoms with van der Waals surface area (Å²) in [6, 6.07) is 4.52. The number of rotatable bonds is 5. The van der Waals surface area contributed by atoms with E-state index in [9.17, 15) is 13.2 Å². The van der Waals surface area contributed by atoms with Gasteiger partial charge in [0.15, 0.2) is 0 Å². The third-order valence-corrected chi connectivity index (χ3v) is 4.06. The number of benzene rings is 1. The van der Waals surface area contributed by atoms with Gasteiger partial charge in [-0.3, -0.25) is 4.79 Å². The predicted octanol–water partition coefficient (Wildman–Crippen LogP) is -0.641. The SMILES string of the molecule is CNC(=O)CN(C)c1ccc(N)cc1S(=O)(=O)NC. The molecule has 0 aliphatic carbocycles. The fourth-order valence-corrected chi connectivity index (χ4v) is 2.56. The Bertz CT molecular complexity index is 571. The second-order valence-corrected chi connectivity index (χ2v) is 5.82. The molecule has 8 heteroatoms. The molecule has 1 rings (SSSR count). The van der Waals surface area contributed by atoms with Crippen LogP contribution in [0.1, 0.15) is 0 Å². The number of carbonyl (C=O) groups is 1. The van der Waals surface area contributed by atoms with Gasteiger partial charge in [0, 0.05) is 19.8 Å². The number of hydrogen-bond acceptors (Lipinski definition) is 5. The molecule has 0 atom stereocenters. The Kier molecular flexibility index (Phi) is 4.73. The largest absolute Gasteiger partial charge is 0.399 e. The Morgan fingerprint density at radius 3 is 2.53 bits per heavy atom. The number of anilines is 2. The molecule has 4 N–H and O–H groups in total. The van der Waals surface area contributed by atoms with E-state index < -0.39 is 10.0 Å². The Morgan fingerprint density at radius 2 is 2.00 bits per heavy atom. The zero-order chi connectivity index (χ0) is 14.6. The standard InChI is InChI=1S/C11H18N4O3S/c1-13-11(16)7-15(3)9-5-4-8(12)6-10(9)19(17,18)14-2/h4-6,14H,7,12H2,1-3H3,(H,13,16). The molecule has 0 aliphatic heterocycles. The van der Waals surface area contributed by atoms with Crippen molar-refractivity contribution in [1.29, 1.82) is 0 Å². The lowest BCUT2D eigenvalue weighted by atomic mass is 10.2. The molecule has 1 aromatic rings. The smallest absolute Gasteiger partial charge is 0.242 e. The van der Waals surface area contributed by atoms with Crippen LogP contribution in [-0.4, -0.2) is 42.0 Å². The zero-order valence-electron chi connectivity index (χ0n) is 11.1. The van der Waals surface area contributed by atoms with Crippen LogP contribution in [0.3, 0.4) is 0 Å². The Morgan fingerprint density at radius 1 is 1.37 bits per heavy atom. The molecule has 0 heterocycles. The molecule has 0 aromatic heterocycles. The number of carbonyl (C=O) groups excluding carboxylic acids is 1. The van der Waals surface area contributed by atoms with E-state index in [-0.39, 0.29) is 17.3 Å². The summed E-state index contributed by atoms with van der Waals surface area (Å²) in [5.74, 6) is -0.216. The Labute approximate surface area is 112 Å². The molecule has 0 radical (unpaired) electrons. The second-order valence-electron chi connectivity index (χ2n) is 3.96. The van der Waals surface area contributed by atoms with Gasteiger partial charge < -0.3 is 16.0 Å². The number of nitrogens with two attached hydrogens (primary N) is 1. The molecule has 19 heavy (non-hydrogen) atoms. The third-order valence-electron chi connectivity index (χ3n) is 2.61. The maximum atomic E-state index is 11.9. The molecule has 0 saturated carbocycles. The van der Waals surface area contributed by atoms with Crippen molar-refractivity contribution in [2.45, 2.75) is 4.90 Å². The number of sulfonamides is 1. The number of hydrogen-bond donors (Lipinski definition) is 3. The lowest BCUT2D eigenvalue weighted by molar-refractivity contribution is -0.119. The van der Waals surface area contributed by atoms with Gasteiger partial charge in [0.05, 0.1) is 12.2 Å². The van der Waals surface area contributed by atoms with E-state index in [0.717, 1.165) is 0 Å². The number of nitrogens with zero attached hydrogens (tertiary/aromatic N) is 1. The van der Waals surface area contributed by atoms with Gasteiger partial charge in [0.1, 0.15) is 4.90 Å². The van der Waals surface area contributed by atoms with Gasteiger partial charge in [-0.1, -0.05) is 0 Å². The number of likely N-dealkylation sites (N-methyl/N-ethyl adjacent to an activating group) is 2. The zero-order valence-corrected chi connectivity index (χ0v) is 11.9. The van der Waals surface area contributed by atoms with Crippen LogP contribution < -0.4 is 20.7 Å². The van der Waals surface area contributed by atoms with E-state index in [1.807, 2.05) is 0 Å². The van der Waals surface area contributed by atoms with E-state index in [4.69, 9.17) is 5.73 Å². The molecule has 106 valence electrons. The van der Waals surface area contributed by atoms with Gasteiger partial charge in [0.25, 0.3) is 0 Å². The quantitative estimate of drug-likeness (QED) is 0.624. The van der Waals surface area contributed by atoms with Crippen LogP contribution in [-0.2, 0) is 14.8 Å². The van der Waals surface area contributed by atoms with Gasteiger partial charge in [-0.15, -0.1) is 0 Å². The van der Waals surface area contributed by atoms with Crippen LogP contribution in [0, 0.1) is 0 Å². The monoisotopic (exact) mass is 286 g/mol. The first kappa shape index (κ1) is 15.3. The van der Waals surface area contributed by atoms with Crippen LogP contribution >= 0.6 is 0 Å². The average Bonchev–Trinajstić information content (AvgIpc) is 2.38. The molecule has 0 spiro atoms. The minimum Gasteiger partial charge on any atom is -0.399 e. The van der Waals surface area contributed by atoms with E-state index >= 15 is 0 Å². The lowest BCUT2D eigenvalue weighted by Crippen LogP contribution is -2.34. The summed E-state index contributed by atoms with van der Waals surface area (Å²) in [4.78, 5) is 12.9. The summed E-state index contributed by atoms with van der Waals surface area (Å²) in [5, 5.41) is 2.48. The van der Waals surface area contributed by atoms with Gasteiger partial charge in [-0.25, -0.2) is 13.1 Å². The van der Waals surface area contributed by atoms with Gasteiger partial charge in [-0.05, 0) is 25.2 Å². The maximum absolute atomic E-state index is 11.9. The minimum atomic E-state index is -3.64. The van der Waals surface area contributed by atoms with Crippen LogP contribution in [0.2, 0.25) is 0 Å². The molecule has 1 aromatic carbocycles. The minimum absolute atomic E-state index is 0.0430. The summed E-state index contributed by atoms with van der Waals surface area (Å²) >= 11 is 0. The molecule has 0 bridgehead atoms. The van der Waals surface area contributed by atoms with E-state index in [1.165, 1.54) is 20.2 Å². The fraction of sp³-hybridized carbons (Fsp3) is 0.364. The summed E-state index contributed by atoms with van der Waals surface area (Å²) in [6.07, 6.45) is 0. The normalized spacial score (nSPS) is 11.1. The molecule has 0 fully saturated rings. The van der Waals surface area contributed by atoms with Crippen molar-refractivity contribution in [3.8, 4) is 0 Å². The van der Waals surface area contributed by atoms with Gasteiger partial charge in [-0.2, -0.15) is 0 Å². The topological polar surface area (TPSA) is 105 Å². The average molecular weight is 286 g/mol. The third kappa shape index (κ3) is 3.58. The van der Waals surface area contributed by atoms with Crippen molar-refractivity contribution in [2.75, 3.05) is 38.3 Å². The fourth-order valence-electron chi connectivity index (χ4n) is 1.55. The second kappa shape index (κ2) is 5.89. The Hall–Kier alpha value is -1.80. The van der Waals surface area contributed by atoms with Crippen LogP contribution in [0.15, 0.2) is 23.1 Å². The summed E-state index contributed by atoms with van der Waals surface area (Å²) in [6.45, 7) is 0.0483. The van der Waals surface area contributed by atoms with E-state index in [2.05, 4.69) is 10.0 Å². The summed E-state index contributed by atoms with van der Waals surface area (Å²) < 4.78 is 26.1. The van der Waals surface area contributed by atoms with Crippen molar-refractivity contribution >= 4 is 27.3 Å². The van der Waals surface area contributed by atoms with Crippen LogP contribution in [0.25, 0.3) is 0 Å². The summed E-state index contributed by atoms with van der Waals surface area (Å²) in [7, 11) is 0.831. The van der Waals surface area contributed by atoms with Crippen LogP contribution in [0.5, 0.6) is 0 Å². The number of nitrogens with one attached hydrogen (secondary N) is 2. The van der Waals surface area contributed by atoms with E-state index in [0.29, 0.717) is 11.4 Å². The van der Waals surface area contributed by atoms with Crippen molar-refractivity contribution in [3.63, 3.8) is 0 Å². The summed E-state index contributed by atoms with van der Waals surface area (Å²) in [5.41, 5.74) is 6.36. The Balaban J connectivity index is 3.24. The number of amides is 1. The maximum Gasteiger partial charge on any atom is 0.242 e. The van der Waals surface area contributed by atoms with Gasteiger partial charge >= 0.3 is 0 Å². The predicted molar refractivity (Wildman–Crippen MR) is 74.4 cm³/mol. The highest BCUT2D eigenvalue weighted by Gasteiger charge is 2.20. The number of nitrogen functional groups attached to an aromatic ring is 1. The molecule has 7 nitrogen and oxygen atoms in total. The molecular weight excluding hydrogens is 268 g/mol. The van der Waals surface area contributed by atoms with E-state index in [1.54, 1.807) is 24.1 Å². The highest BCUT2D eigenvalue weighted by atomic mass is 32.2. The first-order valence-electron chi connectivity index (χ1n) is 5.56. The molecule has 0 saturated heterocycles. The molecule has 0 aliphatic rings. The molecular formula is C11H18N4O3S. The van der Waals surface area contributed by atoms with Crippen molar-refractivity contribution in [3.05, 3.63) is 18.2 Å². The molecule has 1 amide bonds.